The molecule has 0 aromatic heterocycles. The summed E-state index contributed by atoms with van der Waals surface area (Å²) in [7, 11) is 1.70. The van der Waals surface area contributed by atoms with Gasteiger partial charge in [0.1, 0.15) is 0 Å². The van der Waals surface area contributed by atoms with Crippen LogP contribution >= 0.6 is 0 Å². The number of rotatable bonds is 5. The van der Waals surface area contributed by atoms with Gasteiger partial charge in [0.25, 0.3) is 0 Å². The van der Waals surface area contributed by atoms with Gasteiger partial charge >= 0.3 is 0 Å². The van der Waals surface area contributed by atoms with Crippen LogP contribution in [0.25, 0.3) is 0 Å². The fraction of sp³-hybridized carbons (Fsp3) is 0.750. The molecule has 1 aliphatic rings. The predicted octanol–water partition coefficient (Wildman–Crippen LogP) is 0.941. The minimum atomic E-state index is 0.680. The Labute approximate surface area is 62.3 Å². The number of nitrogens with one attached hydrogen (secondary N) is 1. The average molecular weight is 141 g/mol. The van der Waals surface area contributed by atoms with E-state index in [1.807, 2.05) is 0 Å². The lowest BCUT2D eigenvalue weighted by Gasteiger charge is -2.04. The molecule has 2 nitrogen and oxygen atoms in total. The van der Waals surface area contributed by atoms with Crippen LogP contribution in [0.15, 0.2) is 12.2 Å². The van der Waals surface area contributed by atoms with Crippen molar-refractivity contribution in [1.29, 1.82) is 0 Å². The Morgan fingerprint density at radius 3 is 2.90 bits per heavy atom. The number of methoxy groups -OCH3 is 1. The van der Waals surface area contributed by atoms with E-state index in [9.17, 15) is 0 Å². The molecular weight excluding hydrogens is 126 g/mol. The summed E-state index contributed by atoms with van der Waals surface area (Å²) in [5.41, 5.74) is 1.13. The number of ether oxygens (including phenoxy) is 1. The Hall–Kier alpha value is -0.340. The third-order valence-electron chi connectivity index (χ3n) is 1.57. The molecule has 58 valence electrons. The van der Waals surface area contributed by atoms with E-state index in [4.69, 9.17) is 4.74 Å². The van der Waals surface area contributed by atoms with Gasteiger partial charge < -0.3 is 10.1 Å². The van der Waals surface area contributed by atoms with E-state index >= 15 is 0 Å². The SMILES string of the molecule is C=C(CNC1CC1)COC. The molecule has 0 spiro atoms. The first kappa shape index (κ1) is 7.76. The molecule has 0 atom stereocenters. The molecule has 0 unspecified atom stereocenters. The fourth-order valence-electron chi connectivity index (χ4n) is 0.831. The molecule has 2 heteroatoms. The van der Waals surface area contributed by atoms with Gasteiger partial charge in [-0.2, -0.15) is 0 Å². The van der Waals surface area contributed by atoms with Gasteiger partial charge in [-0.05, 0) is 18.4 Å². The van der Waals surface area contributed by atoms with Crippen molar-refractivity contribution in [1.82, 2.24) is 5.32 Å². The number of hydrogen-bond acceptors (Lipinski definition) is 2. The van der Waals surface area contributed by atoms with E-state index in [-0.39, 0.29) is 0 Å². The molecule has 1 aliphatic carbocycles. The lowest BCUT2D eigenvalue weighted by Crippen LogP contribution is -2.20. The average Bonchev–Trinajstić information content (AvgIpc) is 2.67. The molecule has 0 heterocycles. The van der Waals surface area contributed by atoms with Crippen molar-refractivity contribution in [3.63, 3.8) is 0 Å². The summed E-state index contributed by atoms with van der Waals surface area (Å²) in [6, 6.07) is 0.772. The normalized spacial score (nSPS) is 17.3. The summed E-state index contributed by atoms with van der Waals surface area (Å²) in [6.45, 7) is 5.45. The maximum atomic E-state index is 4.92. The monoisotopic (exact) mass is 141 g/mol. The molecule has 0 bridgehead atoms. The van der Waals surface area contributed by atoms with Gasteiger partial charge in [-0.3, -0.25) is 0 Å². The predicted molar refractivity (Wildman–Crippen MR) is 42.0 cm³/mol. The third kappa shape index (κ3) is 2.99. The molecule has 0 aromatic rings. The summed E-state index contributed by atoms with van der Waals surface area (Å²) in [6.07, 6.45) is 2.67. The zero-order valence-corrected chi connectivity index (χ0v) is 6.52. The third-order valence-corrected chi connectivity index (χ3v) is 1.57. The summed E-state index contributed by atoms with van der Waals surface area (Å²) < 4.78 is 4.92. The molecule has 1 saturated carbocycles. The molecule has 0 radical (unpaired) electrons. The van der Waals surface area contributed by atoms with Crippen LogP contribution in [0.2, 0.25) is 0 Å². The second-order valence-corrected chi connectivity index (χ2v) is 2.84. The van der Waals surface area contributed by atoms with Crippen LogP contribution in [0, 0.1) is 0 Å². The lowest BCUT2D eigenvalue weighted by atomic mass is 10.3. The van der Waals surface area contributed by atoms with Crippen LogP contribution in [0.3, 0.4) is 0 Å². The van der Waals surface area contributed by atoms with Gasteiger partial charge in [0.15, 0.2) is 0 Å². The summed E-state index contributed by atoms with van der Waals surface area (Å²) in [5.74, 6) is 0. The lowest BCUT2D eigenvalue weighted by molar-refractivity contribution is 0.224. The molecule has 0 aliphatic heterocycles. The summed E-state index contributed by atoms with van der Waals surface area (Å²) in [4.78, 5) is 0. The van der Waals surface area contributed by atoms with Crippen LogP contribution in [0.1, 0.15) is 12.8 Å². The first-order valence-corrected chi connectivity index (χ1v) is 3.72. The van der Waals surface area contributed by atoms with Crippen molar-refractivity contribution in [2.45, 2.75) is 18.9 Å². The van der Waals surface area contributed by atoms with Gasteiger partial charge in [0.2, 0.25) is 0 Å². The van der Waals surface area contributed by atoms with E-state index in [2.05, 4.69) is 11.9 Å². The zero-order chi connectivity index (χ0) is 7.40. The Kier molecular flexibility index (Phi) is 2.90. The highest BCUT2D eigenvalue weighted by Crippen LogP contribution is 2.18. The molecule has 1 N–H and O–H groups in total. The highest BCUT2D eigenvalue weighted by Gasteiger charge is 2.19. The Morgan fingerprint density at radius 2 is 2.40 bits per heavy atom. The van der Waals surface area contributed by atoms with E-state index in [0.717, 1.165) is 18.2 Å². The first-order chi connectivity index (χ1) is 4.83. The number of hydrogen-bond donors (Lipinski definition) is 1. The molecule has 10 heavy (non-hydrogen) atoms. The van der Waals surface area contributed by atoms with Gasteiger partial charge in [-0.1, -0.05) is 6.58 Å². The van der Waals surface area contributed by atoms with Crippen LogP contribution in [0.5, 0.6) is 0 Å². The van der Waals surface area contributed by atoms with E-state index < -0.39 is 0 Å². The van der Waals surface area contributed by atoms with Gasteiger partial charge in [-0.25, -0.2) is 0 Å². The van der Waals surface area contributed by atoms with Gasteiger partial charge in [0.05, 0.1) is 6.61 Å². The molecule has 0 amide bonds. The molecule has 0 aromatic carbocycles. The van der Waals surface area contributed by atoms with E-state index in [0.29, 0.717) is 6.61 Å². The summed E-state index contributed by atoms with van der Waals surface area (Å²) >= 11 is 0. The minimum absolute atomic E-state index is 0.680. The van der Waals surface area contributed by atoms with E-state index in [1.165, 1.54) is 12.8 Å². The molecule has 0 saturated heterocycles. The van der Waals surface area contributed by atoms with Crippen LogP contribution in [-0.4, -0.2) is 26.3 Å². The fourth-order valence-corrected chi connectivity index (χ4v) is 0.831. The quantitative estimate of drug-likeness (QED) is 0.575. The smallest absolute Gasteiger partial charge is 0.0682 e. The van der Waals surface area contributed by atoms with Crippen LogP contribution < -0.4 is 5.32 Å². The topological polar surface area (TPSA) is 21.3 Å². The minimum Gasteiger partial charge on any atom is -0.380 e. The largest absolute Gasteiger partial charge is 0.380 e. The second kappa shape index (κ2) is 3.74. The van der Waals surface area contributed by atoms with Crippen molar-refractivity contribution in [2.75, 3.05) is 20.3 Å². The highest BCUT2D eigenvalue weighted by molar-refractivity contribution is 4.99. The maximum Gasteiger partial charge on any atom is 0.0682 e. The van der Waals surface area contributed by atoms with Crippen LogP contribution in [0.4, 0.5) is 0 Å². The van der Waals surface area contributed by atoms with Crippen LogP contribution in [-0.2, 0) is 4.74 Å². The molecule has 1 rings (SSSR count). The van der Waals surface area contributed by atoms with E-state index in [1.54, 1.807) is 7.11 Å². The van der Waals surface area contributed by atoms with Crippen molar-refractivity contribution in [3.05, 3.63) is 12.2 Å². The van der Waals surface area contributed by atoms with Crippen molar-refractivity contribution < 1.29 is 4.74 Å². The Bertz CT molecular complexity index is 118. The Balaban J connectivity index is 1.94. The standard InChI is InChI=1S/C8H15NO/c1-7(6-10-2)5-9-8-3-4-8/h8-9H,1,3-6H2,2H3. The zero-order valence-electron chi connectivity index (χ0n) is 6.52. The molecular formula is C8H15NO. The van der Waals surface area contributed by atoms with Crippen molar-refractivity contribution in [2.24, 2.45) is 0 Å². The first-order valence-electron chi connectivity index (χ1n) is 3.72. The van der Waals surface area contributed by atoms with Crippen molar-refractivity contribution >= 4 is 0 Å². The highest BCUT2D eigenvalue weighted by atomic mass is 16.5. The second-order valence-electron chi connectivity index (χ2n) is 2.84. The maximum absolute atomic E-state index is 4.92. The molecule has 1 fully saturated rings. The van der Waals surface area contributed by atoms with Gasteiger partial charge in [-0.15, -0.1) is 0 Å². The van der Waals surface area contributed by atoms with Gasteiger partial charge in [0, 0.05) is 19.7 Å². The van der Waals surface area contributed by atoms with Crippen molar-refractivity contribution in [3.8, 4) is 0 Å². The summed E-state index contributed by atoms with van der Waals surface area (Å²) in [5, 5.41) is 3.36. The Morgan fingerprint density at radius 1 is 1.70 bits per heavy atom.